The Morgan fingerprint density at radius 2 is 1.84 bits per heavy atom. The van der Waals surface area contributed by atoms with Crippen molar-refractivity contribution in [1.82, 2.24) is 10.2 Å². The molecular weight excluding hydrogens is 318 g/mol. The van der Waals surface area contributed by atoms with E-state index in [1.54, 1.807) is 17.0 Å². The summed E-state index contributed by atoms with van der Waals surface area (Å²) in [5.41, 5.74) is 1.59. The highest BCUT2D eigenvalue weighted by molar-refractivity contribution is 6.19. The first kappa shape index (κ1) is 17.5. The first-order chi connectivity index (χ1) is 12.0. The molecular formula is C19H25N3O3. The van der Waals surface area contributed by atoms with Gasteiger partial charge >= 0.3 is 6.03 Å². The fraction of sp³-hybridized carbons (Fsp3) is 0.526. The maximum atomic E-state index is 13.1. The first-order valence-electron chi connectivity index (χ1n) is 8.99. The largest absolute Gasteiger partial charge is 0.332 e. The van der Waals surface area contributed by atoms with Gasteiger partial charge in [-0.15, -0.1) is 0 Å². The van der Waals surface area contributed by atoms with Crippen LogP contribution in [0.25, 0.3) is 0 Å². The monoisotopic (exact) mass is 343 g/mol. The van der Waals surface area contributed by atoms with Gasteiger partial charge in [-0.1, -0.05) is 31.5 Å². The van der Waals surface area contributed by atoms with E-state index in [9.17, 15) is 14.4 Å². The van der Waals surface area contributed by atoms with Crippen LogP contribution in [0, 0.1) is 12.8 Å². The van der Waals surface area contributed by atoms with E-state index in [0.29, 0.717) is 18.7 Å². The molecule has 0 spiro atoms. The van der Waals surface area contributed by atoms with Crippen molar-refractivity contribution in [2.24, 2.45) is 5.92 Å². The Kier molecular flexibility index (Phi) is 4.79. The molecule has 2 heterocycles. The number of fused-ring (bicyclic) bond motifs is 1. The number of amides is 4. The molecule has 2 aliphatic heterocycles. The molecule has 0 aliphatic carbocycles. The van der Waals surface area contributed by atoms with Crippen molar-refractivity contribution in [3.63, 3.8) is 0 Å². The standard InChI is InChI=1S/C19H25N3O3/c1-4-13(5-2)17(23)21-11-10-15-16(21)18(24)22(19(25)20-15)14-8-6-12(3)7-9-14/h6-9,13,15-16H,4-5,10-11H2,1-3H3,(H,20,25). The molecule has 0 bridgehead atoms. The zero-order valence-corrected chi connectivity index (χ0v) is 15.0. The fourth-order valence-corrected chi connectivity index (χ4v) is 3.76. The summed E-state index contributed by atoms with van der Waals surface area (Å²) >= 11 is 0. The van der Waals surface area contributed by atoms with Gasteiger partial charge < -0.3 is 10.2 Å². The van der Waals surface area contributed by atoms with Crippen LogP contribution in [-0.4, -0.2) is 41.4 Å². The van der Waals surface area contributed by atoms with Gasteiger partial charge in [0, 0.05) is 12.5 Å². The van der Waals surface area contributed by atoms with E-state index in [4.69, 9.17) is 0 Å². The molecule has 0 radical (unpaired) electrons. The highest BCUT2D eigenvalue weighted by Gasteiger charge is 2.50. The van der Waals surface area contributed by atoms with Crippen LogP contribution < -0.4 is 10.2 Å². The van der Waals surface area contributed by atoms with E-state index in [2.05, 4.69) is 5.32 Å². The lowest BCUT2D eigenvalue weighted by atomic mass is 9.99. The lowest BCUT2D eigenvalue weighted by molar-refractivity contribution is -0.141. The SMILES string of the molecule is CCC(CC)C(=O)N1CCC2NC(=O)N(c3ccc(C)cc3)C(=O)C21. The summed E-state index contributed by atoms with van der Waals surface area (Å²) in [5.74, 6) is -0.364. The molecule has 1 aromatic rings. The van der Waals surface area contributed by atoms with E-state index in [1.165, 1.54) is 4.90 Å². The molecule has 2 unspecified atom stereocenters. The minimum absolute atomic E-state index is 0.0193. The first-order valence-corrected chi connectivity index (χ1v) is 8.99. The Bertz CT molecular complexity index is 682. The number of urea groups is 1. The molecule has 2 fully saturated rings. The number of hydrogen-bond donors (Lipinski definition) is 1. The molecule has 2 aliphatic rings. The third kappa shape index (κ3) is 3.01. The molecule has 2 saturated heterocycles. The number of carbonyl (C=O) groups is 3. The van der Waals surface area contributed by atoms with Crippen LogP contribution in [0.4, 0.5) is 10.5 Å². The molecule has 3 rings (SSSR count). The van der Waals surface area contributed by atoms with Gasteiger partial charge in [0.05, 0.1) is 11.7 Å². The van der Waals surface area contributed by atoms with Gasteiger partial charge in [-0.2, -0.15) is 0 Å². The van der Waals surface area contributed by atoms with E-state index in [0.717, 1.165) is 18.4 Å². The Hall–Kier alpha value is -2.37. The van der Waals surface area contributed by atoms with Crippen molar-refractivity contribution in [3.8, 4) is 0 Å². The second-order valence-electron chi connectivity index (χ2n) is 6.84. The molecule has 134 valence electrons. The van der Waals surface area contributed by atoms with Gasteiger partial charge in [0.1, 0.15) is 6.04 Å². The van der Waals surface area contributed by atoms with E-state index < -0.39 is 12.1 Å². The zero-order chi connectivity index (χ0) is 18.1. The maximum absolute atomic E-state index is 13.1. The van der Waals surface area contributed by atoms with Crippen LogP contribution in [0.3, 0.4) is 0 Å². The lowest BCUT2D eigenvalue weighted by Crippen LogP contribution is -2.65. The van der Waals surface area contributed by atoms with Crippen LogP contribution >= 0.6 is 0 Å². The summed E-state index contributed by atoms with van der Waals surface area (Å²) in [5, 5.41) is 2.90. The summed E-state index contributed by atoms with van der Waals surface area (Å²) in [6, 6.07) is 5.94. The van der Waals surface area contributed by atoms with Crippen molar-refractivity contribution < 1.29 is 14.4 Å². The van der Waals surface area contributed by atoms with E-state index >= 15 is 0 Å². The zero-order valence-electron chi connectivity index (χ0n) is 15.0. The second-order valence-corrected chi connectivity index (χ2v) is 6.84. The number of hydrogen-bond acceptors (Lipinski definition) is 3. The van der Waals surface area contributed by atoms with Gasteiger partial charge in [0.2, 0.25) is 5.91 Å². The van der Waals surface area contributed by atoms with Gasteiger partial charge in [-0.3, -0.25) is 9.59 Å². The number of nitrogens with one attached hydrogen (secondary N) is 1. The molecule has 0 aromatic heterocycles. The Labute approximate surface area is 148 Å². The summed E-state index contributed by atoms with van der Waals surface area (Å²) in [4.78, 5) is 41.2. The molecule has 6 nitrogen and oxygen atoms in total. The van der Waals surface area contributed by atoms with Crippen molar-refractivity contribution in [1.29, 1.82) is 0 Å². The van der Waals surface area contributed by atoms with Gasteiger partial charge in [-0.25, -0.2) is 9.69 Å². The molecule has 2 atom stereocenters. The number of imide groups is 1. The average Bonchev–Trinajstić information content (AvgIpc) is 3.01. The number of benzene rings is 1. The molecule has 1 N–H and O–H groups in total. The minimum atomic E-state index is -0.605. The number of likely N-dealkylation sites (tertiary alicyclic amines) is 1. The molecule has 4 amide bonds. The lowest BCUT2D eigenvalue weighted by Gasteiger charge is -2.37. The number of carbonyl (C=O) groups excluding carboxylic acids is 3. The summed E-state index contributed by atoms with van der Waals surface area (Å²) < 4.78 is 0. The molecule has 25 heavy (non-hydrogen) atoms. The smallest absolute Gasteiger partial charge is 0.329 e. The number of aryl methyl sites for hydroxylation is 1. The fourth-order valence-electron chi connectivity index (χ4n) is 3.76. The molecule has 0 saturated carbocycles. The number of anilines is 1. The van der Waals surface area contributed by atoms with Crippen molar-refractivity contribution in [2.45, 2.75) is 52.1 Å². The predicted octanol–water partition coefficient (Wildman–Crippen LogP) is 2.46. The molecule has 1 aromatic carbocycles. The van der Waals surface area contributed by atoms with E-state index in [-0.39, 0.29) is 23.8 Å². The van der Waals surface area contributed by atoms with Crippen molar-refractivity contribution in [3.05, 3.63) is 29.8 Å². The predicted molar refractivity (Wildman–Crippen MR) is 95.2 cm³/mol. The number of nitrogens with zero attached hydrogens (tertiary/aromatic N) is 2. The highest BCUT2D eigenvalue weighted by atomic mass is 16.2. The highest BCUT2D eigenvalue weighted by Crippen LogP contribution is 2.29. The van der Waals surface area contributed by atoms with Gasteiger partial charge in [0.15, 0.2) is 0 Å². The summed E-state index contributed by atoms with van der Waals surface area (Å²) in [7, 11) is 0. The third-order valence-corrected chi connectivity index (χ3v) is 5.29. The van der Waals surface area contributed by atoms with Crippen LogP contribution in [0.5, 0.6) is 0 Å². The van der Waals surface area contributed by atoms with Crippen LogP contribution in [0.2, 0.25) is 0 Å². The maximum Gasteiger partial charge on any atom is 0.329 e. The van der Waals surface area contributed by atoms with Crippen molar-refractivity contribution in [2.75, 3.05) is 11.4 Å². The summed E-state index contributed by atoms with van der Waals surface area (Å²) in [6.07, 6.45) is 2.13. The van der Waals surface area contributed by atoms with E-state index in [1.807, 2.05) is 32.9 Å². The Balaban J connectivity index is 1.89. The van der Waals surface area contributed by atoms with Crippen molar-refractivity contribution >= 4 is 23.5 Å². The normalized spacial score (nSPS) is 23.0. The minimum Gasteiger partial charge on any atom is -0.332 e. The van der Waals surface area contributed by atoms with Gasteiger partial charge in [-0.05, 0) is 38.3 Å². The third-order valence-electron chi connectivity index (χ3n) is 5.29. The van der Waals surface area contributed by atoms with Crippen LogP contribution in [0.15, 0.2) is 24.3 Å². The number of rotatable bonds is 4. The quantitative estimate of drug-likeness (QED) is 0.913. The van der Waals surface area contributed by atoms with Crippen LogP contribution in [0.1, 0.15) is 38.7 Å². The van der Waals surface area contributed by atoms with Crippen LogP contribution in [-0.2, 0) is 9.59 Å². The topological polar surface area (TPSA) is 69.7 Å². The van der Waals surface area contributed by atoms with Gasteiger partial charge in [0.25, 0.3) is 5.91 Å². The Morgan fingerprint density at radius 1 is 1.20 bits per heavy atom. The Morgan fingerprint density at radius 3 is 2.44 bits per heavy atom. The molecule has 6 heteroatoms. The summed E-state index contributed by atoms with van der Waals surface area (Å²) in [6.45, 7) is 6.44. The second kappa shape index (κ2) is 6.86. The average molecular weight is 343 g/mol.